The van der Waals surface area contributed by atoms with Crippen LogP contribution in [-0.2, 0) is 27.2 Å². The fourth-order valence-electron chi connectivity index (χ4n) is 7.37. The van der Waals surface area contributed by atoms with Crippen molar-refractivity contribution in [3.63, 3.8) is 0 Å². The number of anilines is 1. The van der Waals surface area contributed by atoms with Gasteiger partial charge in [0.05, 0.1) is 27.1 Å². The fourth-order valence-corrected chi connectivity index (χ4v) is 7.37. The lowest BCUT2D eigenvalue weighted by Crippen LogP contribution is -2.51. The van der Waals surface area contributed by atoms with Gasteiger partial charge in [-0.15, -0.1) is 0 Å². The first kappa shape index (κ1) is 42.9. The number of hydrogen-bond acceptors (Lipinski definition) is 12. The first-order chi connectivity index (χ1) is 29.6. The third kappa shape index (κ3) is 9.88. The monoisotopic (exact) mass is 849 g/mol. The average molecular weight is 850 g/mol. The molecule has 17 heteroatoms. The summed E-state index contributed by atoms with van der Waals surface area (Å²) in [4.78, 5) is 99.2. The molecule has 0 aliphatic carbocycles. The zero-order chi connectivity index (χ0) is 44.3. The number of nitrogens with zero attached hydrogens (tertiary/aromatic N) is 4. The van der Waals surface area contributed by atoms with Gasteiger partial charge in [-0.05, 0) is 75.4 Å². The van der Waals surface area contributed by atoms with E-state index in [1.54, 1.807) is 88.9 Å². The Balaban J connectivity index is 1.00. The maximum atomic E-state index is 14.0. The molecule has 1 N–H and O–H groups in total. The van der Waals surface area contributed by atoms with Crippen molar-refractivity contribution < 1.29 is 47.0 Å². The predicted molar refractivity (Wildman–Crippen MR) is 227 cm³/mol. The molecule has 0 bridgehead atoms. The van der Waals surface area contributed by atoms with E-state index in [2.05, 4.69) is 5.32 Å². The van der Waals surface area contributed by atoms with E-state index in [4.69, 9.17) is 23.0 Å². The Kier molecular flexibility index (Phi) is 12.3. The molecular formula is C45H47N5O12. The molecule has 5 aromatic rings. The van der Waals surface area contributed by atoms with Crippen LogP contribution in [0.2, 0.25) is 0 Å². The average Bonchev–Trinajstić information content (AvgIpc) is 3.25. The van der Waals surface area contributed by atoms with Gasteiger partial charge in [0.1, 0.15) is 28.3 Å². The molecule has 7 rings (SSSR count). The third-order valence-electron chi connectivity index (χ3n) is 10.6. The highest BCUT2D eigenvalue weighted by Gasteiger charge is 2.30. The summed E-state index contributed by atoms with van der Waals surface area (Å²) < 4.78 is 26.7. The van der Waals surface area contributed by atoms with Crippen LogP contribution in [0.3, 0.4) is 0 Å². The van der Waals surface area contributed by atoms with Crippen molar-refractivity contribution in [2.75, 3.05) is 71.9 Å². The number of piperazine rings is 2. The van der Waals surface area contributed by atoms with E-state index in [0.717, 1.165) is 0 Å². The van der Waals surface area contributed by atoms with Gasteiger partial charge in [0.15, 0.2) is 0 Å². The lowest BCUT2D eigenvalue weighted by atomic mass is 10.1. The van der Waals surface area contributed by atoms with Crippen LogP contribution in [0.1, 0.15) is 52.6 Å². The van der Waals surface area contributed by atoms with E-state index in [1.807, 2.05) is 0 Å². The summed E-state index contributed by atoms with van der Waals surface area (Å²) in [6.07, 6.45) is -1.13. The molecule has 0 spiro atoms. The number of benzene rings is 3. The number of hydrogen-bond donors (Lipinski definition) is 1. The fraction of sp³-hybridized carbons (Fsp3) is 0.356. The summed E-state index contributed by atoms with van der Waals surface area (Å²) in [5, 5.41) is 3.94. The number of rotatable bonds is 9. The zero-order valence-electron chi connectivity index (χ0n) is 35.1. The third-order valence-corrected chi connectivity index (χ3v) is 10.6. The van der Waals surface area contributed by atoms with Crippen molar-refractivity contribution in [1.82, 2.24) is 19.6 Å². The van der Waals surface area contributed by atoms with E-state index in [9.17, 15) is 33.6 Å². The summed E-state index contributed by atoms with van der Waals surface area (Å²) in [7, 11) is 3.02. The number of nitrogens with one attached hydrogen (secondary N) is 1. The molecule has 0 radical (unpaired) electrons. The van der Waals surface area contributed by atoms with Crippen molar-refractivity contribution in [2.24, 2.45) is 0 Å². The Morgan fingerprint density at radius 3 is 1.37 bits per heavy atom. The van der Waals surface area contributed by atoms with Gasteiger partial charge >= 0.3 is 17.3 Å². The summed E-state index contributed by atoms with van der Waals surface area (Å²) in [6.45, 7) is 6.63. The number of fused-ring (bicyclic) bond motifs is 2. The van der Waals surface area contributed by atoms with Gasteiger partial charge in [0.25, 0.3) is 11.8 Å². The van der Waals surface area contributed by atoms with Crippen LogP contribution in [0.5, 0.6) is 11.5 Å². The van der Waals surface area contributed by atoms with Crippen LogP contribution < -0.4 is 26.0 Å². The Hall–Kier alpha value is -7.17. The molecule has 5 amide bonds. The topological polar surface area (TPSA) is 198 Å². The smallest absolute Gasteiger partial charge is 0.412 e. The molecule has 2 fully saturated rings. The highest BCUT2D eigenvalue weighted by molar-refractivity contribution is 6.02. The number of amides is 5. The van der Waals surface area contributed by atoms with Gasteiger partial charge in [-0.1, -0.05) is 0 Å². The van der Waals surface area contributed by atoms with Crippen LogP contribution in [0.15, 0.2) is 85.2 Å². The van der Waals surface area contributed by atoms with Gasteiger partial charge < -0.3 is 42.6 Å². The number of carbonyl (C=O) groups excluding carboxylic acids is 5. The molecule has 2 aromatic heterocycles. The number of carbonyl (C=O) groups is 5. The minimum Gasteiger partial charge on any atom is -0.497 e. The van der Waals surface area contributed by atoms with Crippen molar-refractivity contribution >= 4 is 57.3 Å². The second-order valence-electron chi connectivity index (χ2n) is 16.1. The van der Waals surface area contributed by atoms with Crippen molar-refractivity contribution in [3.05, 3.63) is 110 Å². The molecule has 2 aliphatic heterocycles. The molecule has 2 aliphatic rings. The summed E-state index contributed by atoms with van der Waals surface area (Å²) >= 11 is 0. The lowest BCUT2D eigenvalue weighted by Gasteiger charge is -2.35. The maximum Gasteiger partial charge on any atom is 0.412 e. The molecule has 0 saturated carbocycles. The Morgan fingerprint density at radius 1 is 0.581 bits per heavy atom. The molecule has 2 saturated heterocycles. The Morgan fingerprint density at radius 2 is 0.984 bits per heavy atom. The first-order valence-electron chi connectivity index (χ1n) is 20.1. The molecule has 324 valence electrons. The van der Waals surface area contributed by atoms with Gasteiger partial charge in [-0.3, -0.25) is 24.5 Å². The first-order valence-corrected chi connectivity index (χ1v) is 20.1. The molecule has 0 atom stereocenters. The Bertz CT molecular complexity index is 2520. The molecular weight excluding hydrogens is 803 g/mol. The van der Waals surface area contributed by atoms with Crippen LogP contribution in [-0.4, -0.2) is 122 Å². The van der Waals surface area contributed by atoms with Gasteiger partial charge in [-0.25, -0.2) is 14.4 Å². The van der Waals surface area contributed by atoms with Crippen molar-refractivity contribution in [3.8, 4) is 11.5 Å². The quantitative estimate of drug-likeness (QED) is 0.207. The van der Waals surface area contributed by atoms with E-state index in [0.29, 0.717) is 33.4 Å². The van der Waals surface area contributed by atoms with Gasteiger partial charge in [0.2, 0.25) is 11.8 Å². The van der Waals surface area contributed by atoms with Gasteiger partial charge in [0, 0.05) is 103 Å². The minimum atomic E-state index is -0.816. The van der Waals surface area contributed by atoms with Crippen molar-refractivity contribution in [2.45, 2.75) is 39.2 Å². The summed E-state index contributed by atoms with van der Waals surface area (Å²) in [6, 6.07) is 17.8. The SMILES string of the molecule is COc1ccc2cc(CC(=O)N3CCN(C(=O)c4cc(NC(=O)OC(C)(C)C)cc(C(=O)N5CCN(C(=O)Cc6cc7ccc(OC)cc7oc6=O)CC5)c4)CC3)c(=O)oc2c1. The molecule has 0 unspecified atom stereocenters. The predicted octanol–water partition coefficient (Wildman–Crippen LogP) is 4.32. The highest BCUT2D eigenvalue weighted by Crippen LogP contribution is 2.24. The number of ether oxygens (including phenoxy) is 3. The second kappa shape index (κ2) is 17.8. The van der Waals surface area contributed by atoms with Crippen LogP contribution >= 0.6 is 0 Å². The lowest BCUT2D eigenvalue weighted by molar-refractivity contribution is -0.132. The van der Waals surface area contributed by atoms with Crippen LogP contribution in [0.25, 0.3) is 21.9 Å². The zero-order valence-corrected chi connectivity index (χ0v) is 35.1. The normalized spacial score (nSPS) is 14.5. The van der Waals surface area contributed by atoms with Crippen LogP contribution in [0, 0.1) is 0 Å². The van der Waals surface area contributed by atoms with Gasteiger partial charge in [-0.2, -0.15) is 0 Å². The Labute approximate surface area is 355 Å². The van der Waals surface area contributed by atoms with Crippen LogP contribution in [0.4, 0.5) is 10.5 Å². The highest BCUT2D eigenvalue weighted by atomic mass is 16.6. The molecule has 17 nitrogen and oxygen atoms in total. The largest absolute Gasteiger partial charge is 0.497 e. The van der Waals surface area contributed by atoms with E-state index < -0.39 is 34.8 Å². The van der Waals surface area contributed by atoms with Crippen molar-refractivity contribution in [1.29, 1.82) is 0 Å². The summed E-state index contributed by atoms with van der Waals surface area (Å²) in [5.41, 5.74) is -0.522. The van der Waals surface area contributed by atoms with E-state index >= 15 is 0 Å². The number of methoxy groups -OCH3 is 2. The molecule has 4 heterocycles. The molecule has 3 aromatic carbocycles. The second-order valence-corrected chi connectivity index (χ2v) is 16.1. The molecule has 62 heavy (non-hydrogen) atoms. The van der Waals surface area contributed by atoms with E-state index in [-0.39, 0.29) is 105 Å². The maximum absolute atomic E-state index is 14.0. The standard InChI is InChI=1S/C45H47N5O12/c1-45(2,3)62-44(57)46-33-21-29(40(53)49-14-10-47(11-15-49)38(51)23-31-18-27-6-8-34(58-4)25-36(27)60-42(31)55)20-30(22-33)41(54)50-16-12-48(13-17-50)39(52)24-32-19-28-7-9-35(59-5)26-37(28)61-43(32)56/h6-9,18-22,25-26H,10-17,23-24H2,1-5H3,(H,46,57). The van der Waals surface area contributed by atoms with E-state index in [1.165, 1.54) is 32.4 Å². The minimum absolute atomic E-state index is 0.133. The summed E-state index contributed by atoms with van der Waals surface area (Å²) in [5.74, 6) is -0.364.